The van der Waals surface area contributed by atoms with Crippen LogP contribution in [0, 0.1) is 0 Å². The summed E-state index contributed by atoms with van der Waals surface area (Å²) in [7, 11) is 0. The Balaban J connectivity index is 1.52. The van der Waals surface area contributed by atoms with Gasteiger partial charge in [0, 0.05) is 0 Å². The number of aliphatic hydroxyl groups is 1. The predicted molar refractivity (Wildman–Crippen MR) is 145 cm³/mol. The molecule has 0 radical (unpaired) electrons. The fourth-order valence-corrected chi connectivity index (χ4v) is 6.04. The highest BCUT2D eigenvalue weighted by Crippen LogP contribution is 2.38. The number of carbonyl (C=O) groups excluding carboxylic acids is 2. The van der Waals surface area contributed by atoms with Crippen LogP contribution in [0.5, 0.6) is 0 Å². The molecule has 2 heterocycles. The first kappa shape index (κ1) is 26.6. The Bertz CT molecular complexity index is 1200. The molecule has 1 saturated heterocycles. The zero-order valence-electron chi connectivity index (χ0n) is 21.1. The molecule has 1 fully saturated rings. The molecule has 3 aromatic carbocycles. The van der Waals surface area contributed by atoms with Gasteiger partial charge in [-0.05, 0) is 29.0 Å². The summed E-state index contributed by atoms with van der Waals surface area (Å²) in [6.07, 6.45) is -2.17. The molecule has 8 heteroatoms. The number of ether oxygens (including phenoxy) is 3. The number of hydrogen-bond acceptors (Lipinski definition) is 7. The Morgan fingerprint density at radius 3 is 1.79 bits per heavy atom. The van der Waals surface area contributed by atoms with E-state index in [0.29, 0.717) is 16.9 Å². The fourth-order valence-electron chi connectivity index (χ4n) is 5.02. The van der Waals surface area contributed by atoms with Crippen LogP contribution >= 0.6 is 11.8 Å². The number of aliphatic hydroxyl groups excluding tert-OH is 1. The van der Waals surface area contributed by atoms with Crippen LogP contribution < -0.4 is 0 Å². The monoisotopic (exact) mass is 533 g/mol. The van der Waals surface area contributed by atoms with Gasteiger partial charge in [-0.2, -0.15) is 0 Å². The summed E-state index contributed by atoms with van der Waals surface area (Å²) in [5.74, 6) is -0.0689. The summed E-state index contributed by atoms with van der Waals surface area (Å²) in [6.45, 7) is 2.20. The number of hydrogen-bond donors (Lipinski definition) is 1. The minimum atomic E-state index is -0.764. The predicted octanol–water partition coefficient (Wildman–Crippen LogP) is 4.29. The molecule has 1 N–H and O–H groups in total. The van der Waals surface area contributed by atoms with E-state index in [-0.39, 0.29) is 31.6 Å². The van der Waals surface area contributed by atoms with E-state index in [0.717, 1.165) is 11.1 Å². The lowest BCUT2D eigenvalue weighted by molar-refractivity contribution is -0.219. The first-order valence-corrected chi connectivity index (χ1v) is 13.8. The molecule has 38 heavy (non-hydrogen) atoms. The second-order valence-corrected chi connectivity index (χ2v) is 10.6. The maximum Gasteiger partial charge on any atom is 0.262 e. The zero-order chi connectivity index (χ0) is 26.5. The third-order valence-electron chi connectivity index (χ3n) is 6.82. The van der Waals surface area contributed by atoms with Gasteiger partial charge in [-0.25, -0.2) is 0 Å². The van der Waals surface area contributed by atoms with Crippen molar-refractivity contribution in [3.8, 4) is 0 Å². The molecular formula is C30H31NO6S. The van der Waals surface area contributed by atoms with E-state index in [1.165, 1.54) is 16.7 Å². The lowest BCUT2D eigenvalue weighted by Crippen LogP contribution is -2.65. The molecule has 0 bridgehead atoms. The Labute approximate surface area is 226 Å². The largest absolute Gasteiger partial charge is 0.394 e. The van der Waals surface area contributed by atoms with Crippen LogP contribution in [0.2, 0.25) is 0 Å². The van der Waals surface area contributed by atoms with Crippen LogP contribution in [0.4, 0.5) is 0 Å². The number of carbonyl (C=O) groups is 2. The number of amides is 2. The molecule has 2 aliphatic heterocycles. The number of thioether (sulfide) groups is 1. The van der Waals surface area contributed by atoms with E-state index in [1.54, 1.807) is 24.3 Å². The molecule has 5 rings (SSSR count). The summed E-state index contributed by atoms with van der Waals surface area (Å²) in [5, 5.41) is 10.3. The Hall–Kier alpha value is -3.01. The van der Waals surface area contributed by atoms with Gasteiger partial charge in [-0.15, -0.1) is 11.8 Å². The average Bonchev–Trinajstić information content (AvgIpc) is 3.21. The Kier molecular flexibility index (Phi) is 8.56. The van der Waals surface area contributed by atoms with E-state index in [2.05, 4.69) is 0 Å². The number of nitrogens with zero attached hydrogens (tertiary/aromatic N) is 1. The van der Waals surface area contributed by atoms with Gasteiger partial charge >= 0.3 is 0 Å². The van der Waals surface area contributed by atoms with Crippen molar-refractivity contribution in [3.05, 3.63) is 107 Å². The zero-order valence-corrected chi connectivity index (χ0v) is 22.0. The molecule has 2 amide bonds. The third kappa shape index (κ3) is 5.41. The van der Waals surface area contributed by atoms with Crippen LogP contribution in [0.3, 0.4) is 0 Å². The normalized spacial score (nSPS) is 25.0. The molecule has 7 nitrogen and oxygen atoms in total. The summed E-state index contributed by atoms with van der Waals surface area (Å²) in [5.41, 5.74) is 2.03. The topological polar surface area (TPSA) is 85.3 Å². The minimum Gasteiger partial charge on any atom is -0.394 e. The average molecular weight is 534 g/mol. The van der Waals surface area contributed by atoms with Crippen LogP contribution in [-0.2, 0) is 27.4 Å². The highest BCUT2D eigenvalue weighted by molar-refractivity contribution is 7.99. The second kappa shape index (κ2) is 12.2. The lowest BCUT2D eigenvalue weighted by atomic mass is 9.95. The second-order valence-electron chi connectivity index (χ2n) is 9.22. The summed E-state index contributed by atoms with van der Waals surface area (Å²) in [6, 6.07) is 25.5. The number of benzene rings is 3. The molecule has 0 saturated carbocycles. The summed E-state index contributed by atoms with van der Waals surface area (Å²) in [4.78, 5) is 28.5. The maximum absolute atomic E-state index is 13.6. The van der Waals surface area contributed by atoms with Crippen molar-refractivity contribution in [2.45, 2.75) is 49.9 Å². The third-order valence-corrected chi connectivity index (χ3v) is 7.87. The SMILES string of the molecule is CCS[C@@H]1O[C@H](CO)[C@@H](OCc2ccccc2)[C@H](OCc2ccccc2)[C@H]1N1C(=O)c2ccccc2C1=O. The van der Waals surface area contributed by atoms with Gasteiger partial charge in [-0.1, -0.05) is 79.7 Å². The first-order chi connectivity index (χ1) is 18.6. The molecule has 0 spiro atoms. The first-order valence-electron chi connectivity index (χ1n) is 12.8. The van der Waals surface area contributed by atoms with Crippen molar-refractivity contribution in [1.29, 1.82) is 0 Å². The van der Waals surface area contributed by atoms with Gasteiger partial charge in [0.15, 0.2) is 0 Å². The summed E-state index contributed by atoms with van der Waals surface area (Å²) < 4.78 is 19.2. The van der Waals surface area contributed by atoms with Gasteiger partial charge in [0.1, 0.15) is 29.8 Å². The van der Waals surface area contributed by atoms with E-state index in [1.807, 2.05) is 67.6 Å². The van der Waals surface area contributed by atoms with E-state index in [9.17, 15) is 14.7 Å². The molecule has 0 unspecified atom stereocenters. The van der Waals surface area contributed by atoms with Crippen LogP contribution in [0.1, 0.15) is 38.8 Å². The molecule has 198 valence electrons. The van der Waals surface area contributed by atoms with Gasteiger partial charge in [-0.3, -0.25) is 14.5 Å². The van der Waals surface area contributed by atoms with E-state index < -0.39 is 29.8 Å². The number of rotatable bonds is 10. The quantitative estimate of drug-likeness (QED) is 0.389. The van der Waals surface area contributed by atoms with Crippen LogP contribution in [-0.4, -0.2) is 64.0 Å². The lowest BCUT2D eigenvalue weighted by Gasteiger charge is -2.48. The van der Waals surface area contributed by atoms with Gasteiger partial charge < -0.3 is 19.3 Å². The molecule has 3 aromatic rings. The summed E-state index contributed by atoms with van der Waals surface area (Å²) >= 11 is 1.48. The fraction of sp³-hybridized carbons (Fsp3) is 0.333. The maximum atomic E-state index is 13.6. The van der Waals surface area contributed by atoms with Crippen molar-refractivity contribution in [3.63, 3.8) is 0 Å². The number of imide groups is 1. The van der Waals surface area contributed by atoms with Gasteiger partial charge in [0.25, 0.3) is 11.8 Å². The van der Waals surface area contributed by atoms with E-state index >= 15 is 0 Å². The van der Waals surface area contributed by atoms with Crippen LogP contribution in [0.15, 0.2) is 84.9 Å². The highest BCUT2D eigenvalue weighted by Gasteiger charge is 2.54. The van der Waals surface area contributed by atoms with Gasteiger partial charge in [0.2, 0.25) is 0 Å². The molecule has 0 aromatic heterocycles. The van der Waals surface area contributed by atoms with Crippen LogP contribution in [0.25, 0.3) is 0 Å². The van der Waals surface area contributed by atoms with Crippen molar-refractivity contribution >= 4 is 23.6 Å². The minimum absolute atomic E-state index is 0.248. The van der Waals surface area contributed by atoms with Crippen molar-refractivity contribution in [1.82, 2.24) is 4.90 Å². The Morgan fingerprint density at radius 2 is 1.29 bits per heavy atom. The standard InChI is InChI=1S/C30H31NO6S/c1-2-38-30-25(31-28(33)22-15-9-10-16-23(22)29(31)34)27(36-19-21-13-7-4-8-14-21)26(24(17-32)37-30)35-18-20-11-5-3-6-12-20/h3-16,24-27,30,32H,2,17-19H2,1H3/t24-,25-,26-,27-,30+/m1/s1. The Morgan fingerprint density at radius 1 is 0.789 bits per heavy atom. The van der Waals surface area contributed by atoms with Crippen molar-refractivity contribution in [2.75, 3.05) is 12.4 Å². The van der Waals surface area contributed by atoms with Crippen molar-refractivity contribution < 1.29 is 28.9 Å². The smallest absolute Gasteiger partial charge is 0.262 e. The van der Waals surface area contributed by atoms with Gasteiger partial charge in [0.05, 0.1) is 30.9 Å². The van der Waals surface area contributed by atoms with E-state index in [4.69, 9.17) is 14.2 Å². The molecule has 5 atom stereocenters. The number of fused-ring (bicyclic) bond motifs is 1. The highest BCUT2D eigenvalue weighted by atomic mass is 32.2. The molecule has 0 aliphatic carbocycles. The molecule has 2 aliphatic rings. The molecular weight excluding hydrogens is 502 g/mol. The van der Waals surface area contributed by atoms with Crippen molar-refractivity contribution in [2.24, 2.45) is 0 Å².